The van der Waals surface area contributed by atoms with Crippen LogP contribution in [0, 0.1) is 0 Å². The summed E-state index contributed by atoms with van der Waals surface area (Å²) < 4.78 is 10.4. The Morgan fingerprint density at radius 1 is 0.826 bits per heavy atom. The number of rotatable bonds is 14. The SMILES string of the molecule is COC(=O)c1c(O)cccc1OCCCCNCCC(C)c1ccc(N(C(=O)C(=O)O)c2ccccc2C(=O)O)c2ccccc12. The van der Waals surface area contributed by atoms with Crippen LogP contribution in [0.2, 0.25) is 0 Å². The second-order valence-corrected chi connectivity index (χ2v) is 10.6. The number of fused-ring (bicyclic) bond motifs is 1. The summed E-state index contributed by atoms with van der Waals surface area (Å²) in [6.07, 6.45) is 2.34. The number of phenolic OH excluding ortho intramolecular Hbond substituents is 1. The average Bonchev–Trinajstić information content (AvgIpc) is 3.05. The zero-order valence-corrected chi connectivity index (χ0v) is 25.6. The Morgan fingerprint density at radius 2 is 1.54 bits per heavy atom. The lowest BCUT2D eigenvalue weighted by Gasteiger charge is -2.25. The molecule has 4 aromatic rings. The van der Waals surface area contributed by atoms with Crippen LogP contribution in [0.4, 0.5) is 11.4 Å². The van der Waals surface area contributed by atoms with E-state index < -0.39 is 23.8 Å². The Bertz CT molecular complexity index is 1740. The van der Waals surface area contributed by atoms with Gasteiger partial charge in [0.1, 0.15) is 17.1 Å². The molecule has 11 heteroatoms. The Labute approximate surface area is 266 Å². The Hall–Kier alpha value is -5.42. The Balaban J connectivity index is 1.40. The maximum absolute atomic E-state index is 13.0. The van der Waals surface area contributed by atoms with E-state index in [2.05, 4.69) is 12.2 Å². The number of carboxylic acid groups (broad SMARTS) is 2. The number of benzene rings is 4. The number of aromatic hydroxyl groups is 1. The van der Waals surface area contributed by atoms with Gasteiger partial charge in [-0.25, -0.2) is 14.4 Å². The number of methoxy groups -OCH3 is 1. The summed E-state index contributed by atoms with van der Waals surface area (Å²) in [7, 11) is 1.24. The van der Waals surface area contributed by atoms with E-state index in [0.717, 1.165) is 48.2 Å². The molecule has 240 valence electrons. The lowest BCUT2D eigenvalue weighted by molar-refractivity contribution is -0.148. The maximum Gasteiger partial charge on any atom is 0.395 e. The molecular weight excluding hydrogens is 592 g/mol. The van der Waals surface area contributed by atoms with E-state index in [4.69, 9.17) is 9.47 Å². The summed E-state index contributed by atoms with van der Waals surface area (Å²) in [6, 6.07) is 21.3. The number of hydrogen-bond acceptors (Lipinski definition) is 8. The molecule has 4 N–H and O–H groups in total. The van der Waals surface area contributed by atoms with Crippen LogP contribution < -0.4 is 15.0 Å². The first-order chi connectivity index (χ1) is 22.1. The second-order valence-electron chi connectivity index (χ2n) is 10.6. The van der Waals surface area contributed by atoms with Crippen molar-refractivity contribution in [2.24, 2.45) is 0 Å². The monoisotopic (exact) mass is 628 g/mol. The molecule has 0 spiro atoms. The van der Waals surface area contributed by atoms with Crippen LogP contribution in [0.1, 0.15) is 58.4 Å². The molecule has 0 bridgehead atoms. The number of nitrogens with zero attached hydrogens (tertiary/aromatic N) is 1. The molecule has 1 atom stereocenters. The van der Waals surface area contributed by atoms with Gasteiger partial charge in [0, 0.05) is 5.39 Å². The quantitative estimate of drug-likeness (QED) is 0.0771. The number of carboxylic acids is 2. The minimum absolute atomic E-state index is 0.00365. The maximum atomic E-state index is 13.0. The first-order valence-electron chi connectivity index (χ1n) is 14.8. The molecule has 11 nitrogen and oxygen atoms in total. The van der Waals surface area contributed by atoms with Crippen LogP contribution in [-0.4, -0.2) is 65.9 Å². The van der Waals surface area contributed by atoms with E-state index in [1.807, 2.05) is 18.2 Å². The molecule has 0 saturated carbocycles. The summed E-state index contributed by atoms with van der Waals surface area (Å²) in [4.78, 5) is 49.7. The number of nitrogens with one attached hydrogen (secondary N) is 1. The van der Waals surface area contributed by atoms with Crippen LogP contribution in [0.5, 0.6) is 11.5 Å². The zero-order chi connectivity index (χ0) is 33.2. The topological polar surface area (TPSA) is 163 Å². The minimum Gasteiger partial charge on any atom is -0.507 e. The number of para-hydroxylation sites is 1. The van der Waals surface area contributed by atoms with Crippen molar-refractivity contribution >= 4 is 46.0 Å². The standard InChI is InChI=1S/C35H36N2O9/c1-22(18-20-36-19-7-8-21-46-30-15-9-14-29(38)31(30)35(44)45-2)23-16-17-28(25-11-4-3-10-24(23)25)37(32(39)34(42)43)27-13-6-5-12-26(27)33(40)41/h3-6,9-17,22,36,38H,7-8,18-21H2,1-2H3,(H,40,41)(H,42,43). The van der Waals surface area contributed by atoms with Crippen molar-refractivity contribution in [2.45, 2.75) is 32.1 Å². The Kier molecular flexibility index (Phi) is 11.3. The second kappa shape index (κ2) is 15.5. The highest BCUT2D eigenvalue weighted by Crippen LogP contribution is 2.38. The lowest BCUT2D eigenvalue weighted by atomic mass is 9.91. The fraction of sp³-hybridized carbons (Fsp3) is 0.257. The number of aliphatic carboxylic acids is 1. The van der Waals surface area contributed by atoms with Gasteiger partial charge in [0.25, 0.3) is 0 Å². The lowest BCUT2D eigenvalue weighted by Crippen LogP contribution is -2.33. The van der Waals surface area contributed by atoms with Crippen LogP contribution in [-0.2, 0) is 14.3 Å². The molecule has 0 heterocycles. The number of esters is 1. The molecule has 0 aliphatic rings. The predicted molar refractivity (Wildman–Crippen MR) is 172 cm³/mol. The van der Waals surface area contributed by atoms with E-state index in [9.17, 15) is 34.5 Å². The van der Waals surface area contributed by atoms with Crippen molar-refractivity contribution in [1.82, 2.24) is 5.32 Å². The van der Waals surface area contributed by atoms with Crippen LogP contribution >= 0.6 is 0 Å². The highest BCUT2D eigenvalue weighted by atomic mass is 16.5. The van der Waals surface area contributed by atoms with Gasteiger partial charge in [-0.3, -0.25) is 9.69 Å². The van der Waals surface area contributed by atoms with Gasteiger partial charge in [-0.1, -0.05) is 55.5 Å². The van der Waals surface area contributed by atoms with E-state index in [0.29, 0.717) is 12.0 Å². The minimum atomic E-state index is -1.70. The number of hydrogen-bond donors (Lipinski definition) is 4. The fourth-order valence-corrected chi connectivity index (χ4v) is 5.31. The Morgan fingerprint density at radius 3 is 2.26 bits per heavy atom. The summed E-state index contributed by atoms with van der Waals surface area (Å²) >= 11 is 0. The van der Waals surface area contributed by atoms with Gasteiger partial charge in [-0.05, 0) is 79.6 Å². The summed E-state index contributed by atoms with van der Waals surface area (Å²) in [5, 5.41) is 34.3. The average molecular weight is 629 g/mol. The third-order valence-electron chi connectivity index (χ3n) is 7.62. The van der Waals surface area contributed by atoms with Crippen molar-refractivity contribution < 1.29 is 44.0 Å². The molecule has 0 aliphatic carbocycles. The molecule has 0 aliphatic heterocycles. The number of carbonyl (C=O) groups excluding carboxylic acids is 2. The number of amides is 1. The zero-order valence-electron chi connectivity index (χ0n) is 25.6. The molecule has 0 fully saturated rings. The van der Waals surface area contributed by atoms with Gasteiger partial charge >= 0.3 is 23.8 Å². The molecule has 1 amide bonds. The van der Waals surface area contributed by atoms with Crippen molar-refractivity contribution in [2.75, 3.05) is 31.7 Å². The predicted octanol–water partition coefficient (Wildman–Crippen LogP) is 5.72. The summed E-state index contributed by atoms with van der Waals surface area (Å²) in [6.45, 7) is 3.93. The van der Waals surface area contributed by atoms with Crippen molar-refractivity contribution in [3.8, 4) is 11.5 Å². The number of carbonyl (C=O) groups is 4. The van der Waals surface area contributed by atoms with E-state index in [-0.39, 0.29) is 39.9 Å². The number of ether oxygens (including phenoxy) is 2. The normalized spacial score (nSPS) is 11.5. The molecule has 0 radical (unpaired) electrons. The molecule has 4 rings (SSSR count). The van der Waals surface area contributed by atoms with Gasteiger partial charge in [0.15, 0.2) is 0 Å². The third kappa shape index (κ3) is 7.62. The van der Waals surface area contributed by atoms with Crippen molar-refractivity contribution in [3.63, 3.8) is 0 Å². The number of phenols is 1. The van der Waals surface area contributed by atoms with Crippen molar-refractivity contribution in [3.05, 3.63) is 95.6 Å². The molecule has 46 heavy (non-hydrogen) atoms. The van der Waals surface area contributed by atoms with E-state index >= 15 is 0 Å². The van der Waals surface area contributed by atoms with E-state index in [1.165, 1.54) is 31.4 Å². The largest absolute Gasteiger partial charge is 0.507 e. The van der Waals surface area contributed by atoms with Gasteiger partial charge in [-0.2, -0.15) is 0 Å². The van der Waals surface area contributed by atoms with Crippen molar-refractivity contribution in [1.29, 1.82) is 0 Å². The van der Waals surface area contributed by atoms with Crippen LogP contribution in [0.3, 0.4) is 0 Å². The van der Waals surface area contributed by atoms with Crippen LogP contribution in [0.15, 0.2) is 78.9 Å². The third-order valence-corrected chi connectivity index (χ3v) is 7.62. The van der Waals surface area contributed by atoms with Gasteiger partial charge in [0.05, 0.1) is 30.7 Å². The number of aromatic carboxylic acids is 1. The first kappa shape index (κ1) is 33.5. The van der Waals surface area contributed by atoms with E-state index in [1.54, 1.807) is 36.4 Å². The molecule has 0 saturated heterocycles. The van der Waals surface area contributed by atoms with Gasteiger partial charge in [-0.15, -0.1) is 0 Å². The first-order valence-corrected chi connectivity index (χ1v) is 14.8. The van der Waals surface area contributed by atoms with Crippen LogP contribution in [0.25, 0.3) is 10.8 Å². The molecular formula is C35H36N2O9. The molecule has 1 unspecified atom stereocenters. The summed E-state index contributed by atoms with van der Waals surface area (Å²) in [5.74, 6) is -4.74. The molecule has 4 aromatic carbocycles. The highest BCUT2D eigenvalue weighted by Gasteiger charge is 2.29. The number of unbranched alkanes of at least 4 members (excludes halogenated alkanes) is 1. The number of anilines is 2. The van der Waals surface area contributed by atoms with Gasteiger partial charge < -0.3 is 30.1 Å². The molecule has 0 aromatic heterocycles. The smallest absolute Gasteiger partial charge is 0.395 e. The highest BCUT2D eigenvalue weighted by molar-refractivity contribution is 6.40. The van der Waals surface area contributed by atoms with Gasteiger partial charge in [0.2, 0.25) is 0 Å². The fourth-order valence-electron chi connectivity index (χ4n) is 5.31. The summed E-state index contributed by atoms with van der Waals surface area (Å²) in [5.41, 5.74) is 1.06.